The molecule has 1 heterocycles. The first-order valence-corrected chi connectivity index (χ1v) is 13.3. The van der Waals surface area contributed by atoms with Crippen molar-refractivity contribution in [1.82, 2.24) is 4.90 Å². The second-order valence-corrected chi connectivity index (χ2v) is 10.3. The Balaban J connectivity index is 1.52. The van der Waals surface area contributed by atoms with E-state index in [1.54, 1.807) is 18.2 Å². The number of hydrogen-bond donors (Lipinski definition) is 1. The van der Waals surface area contributed by atoms with Crippen molar-refractivity contribution in [3.8, 4) is 5.75 Å². The van der Waals surface area contributed by atoms with Crippen LogP contribution >= 0.6 is 11.6 Å². The Morgan fingerprint density at radius 2 is 1.59 bits per heavy atom. The zero-order valence-corrected chi connectivity index (χ0v) is 22.0. The van der Waals surface area contributed by atoms with Crippen LogP contribution in [0, 0.1) is 6.92 Å². The maximum atomic E-state index is 13.4. The Morgan fingerprint density at radius 1 is 0.973 bits per heavy atom. The summed E-state index contributed by atoms with van der Waals surface area (Å²) in [7, 11) is 0. The summed E-state index contributed by atoms with van der Waals surface area (Å²) in [4.78, 5) is 41.6. The molecule has 0 aromatic heterocycles. The third-order valence-electron chi connectivity index (χ3n) is 7.38. The zero-order chi connectivity index (χ0) is 26.1. The molecule has 0 unspecified atom stereocenters. The molecule has 1 N–H and O–H groups in total. The van der Waals surface area contributed by atoms with Gasteiger partial charge < -0.3 is 15.0 Å². The van der Waals surface area contributed by atoms with Crippen LogP contribution in [-0.2, 0) is 14.4 Å². The number of carbonyl (C=O) groups excluding carboxylic acids is 3. The number of benzene rings is 2. The van der Waals surface area contributed by atoms with Gasteiger partial charge in [-0.1, -0.05) is 29.3 Å². The smallest absolute Gasteiger partial charge is 0.262 e. The summed E-state index contributed by atoms with van der Waals surface area (Å²) in [6.45, 7) is 4.55. The molecular formula is C30H31ClN2O4. The third-order valence-corrected chi connectivity index (χ3v) is 7.61. The van der Waals surface area contributed by atoms with Crippen molar-refractivity contribution in [3.05, 3.63) is 81.2 Å². The fourth-order valence-electron chi connectivity index (χ4n) is 5.76. The minimum atomic E-state index is -0.540. The average Bonchev–Trinajstić information content (AvgIpc) is 2.88. The van der Waals surface area contributed by atoms with Crippen LogP contribution in [0.1, 0.15) is 62.5 Å². The van der Waals surface area contributed by atoms with Crippen LogP contribution in [0.15, 0.2) is 65.0 Å². The number of rotatable bonds is 6. The van der Waals surface area contributed by atoms with Gasteiger partial charge >= 0.3 is 0 Å². The number of ether oxygens (including phenoxy) is 1. The van der Waals surface area contributed by atoms with Crippen LogP contribution in [-0.4, -0.2) is 35.5 Å². The molecule has 1 amide bonds. The van der Waals surface area contributed by atoms with Gasteiger partial charge in [-0.25, -0.2) is 0 Å². The number of allylic oxidation sites excluding steroid dienone is 4. The summed E-state index contributed by atoms with van der Waals surface area (Å²) >= 11 is 6.45. The molecule has 0 spiro atoms. The van der Waals surface area contributed by atoms with E-state index in [-0.39, 0.29) is 24.1 Å². The van der Waals surface area contributed by atoms with Gasteiger partial charge in [0.2, 0.25) is 0 Å². The second-order valence-electron chi connectivity index (χ2n) is 9.84. The van der Waals surface area contributed by atoms with Crippen molar-refractivity contribution in [1.29, 1.82) is 0 Å². The van der Waals surface area contributed by atoms with E-state index in [1.165, 1.54) is 0 Å². The molecule has 192 valence electrons. The van der Waals surface area contributed by atoms with Crippen molar-refractivity contribution in [3.63, 3.8) is 0 Å². The highest BCUT2D eigenvalue weighted by Gasteiger charge is 2.43. The van der Waals surface area contributed by atoms with Gasteiger partial charge in [-0.05, 0) is 69.9 Å². The predicted octanol–water partition coefficient (Wildman–Crippen LogP) is 6.10. The second kappa shape index (κ2) is 10.5. The average molecular weight is 519 g/mol. The molecule has 0 radical (unpaired) electrons. The van der Waals surface area contributed by atoms with Gasteiger partial charge in [-0.2, -0.15) is 0 Å². The van der Waals surface area contributed by atoms with E-state index < -0.39 is 5.92 Å². The molecule has 0 saturated heterocycles. The maximum Gasteiger partial charge on any atom is 0.262 e. The van der Waals surface area contributed by atoms with Crippen LogP contribution in [0.2, 0.25) is 5.02 Å². The Morgan fingerprint density at radius 3 is 2.19 bits per heavy atom. The summed E-state index contributed by atoms with van der Waals surface area (Å²) < 4.78 is 6.03. The first-order chi connectivity index (χ1) is 17.9. The molecule has 0 atom stereocenters. The number of amides is 1. The number of halogens is 1. The van der Waals surface area contributed by atoms with Crippen LogP contribution in [0.3, 0.4) is 0 Å². The van der Waals surface area contributed by atoms with Crippen molar-refractivity contribution in [2.24, 2.45) is 0 Å². The Hall–Kier alpha value is -3.38. The fraction of sp³-hybridized carbons (Fsp3) is 0.367. The summed E-state index contributed by atoms with van der Waals surface area (Å²) in [5.41, 5.74) is 5.84. The lowest BCUT2D eigenvalue weighted by molar-refractivity contribution is -0.119. The number of hydrogen-bond acceptors (Lipinski definition) is 5. The van der Waals surface area contributed by atoms with Gasteiger partial charge in [-0.3, -0.25) is 14.4 Å². The molecule has 2 aromatic carbocycles. The normalized spacial score (nSPS) is 18.1. The van der Waals surface area contributed by atoms with Gasteiger partial charge in [0, 0.05) is 64.1 Å². The van der Waals surface area contributed by atoms with E-state index in [0.717, 1.165) is 42.6 Å². The van der Waals surface area contributed by atoms with E-state index >= 15 is 0 Å². The molecule has 0 bridgehead atoms. The monoisotopic (exact) mass is 518 g/mol. The highest BCUT2D eigenvalue weighted by molar-refractivity contribution is 6.30. The number of ketones is 2. The molecule has 5 rings (SSSR count). The zero-order valence-electron chi connectivity index (χ0n) is 21.2. The van der Waals surface area contributed by atoms with Gasteiger partial charge in [-0.15, -0.1) is 0 Å². The molecule has 0 fully saturated rings. The molecule has 0 saturated carbocycles. The minimum absolute atomic E-state index is 0.0673. The number of aryl methyl sites for hydroxylation is 1. The molecule has 7 heteroatoms. The quantitative estimate of drug-likeness (QED) is 0.500. The summed E-state index contributed by atoms with van der Waals surface area (Å²) in [5.74, 6) is -0.251. The maximum absolute atomic E-state index is 13.4. The van der Waals surface area contributed by atoms with Crippen LogP contribution in [0.25, 0.3) is 0 Å². The molecule has 2 aromatic rings. The predicted molar refractivity (Wildman–Crippen MR) is 144 cm³/mol. The summed E-state index contributed by atoms with van der Waals surface area (Å²) in [5, 5.41) is 3.33. The van der Waals surface area contributed by atoms with Crippen molar-refractivity contribution >= 4 is 34.8 Å². The van der Waals surface area contributed by atoms with Crippen molar-refractivity contribution in [2.45, 2.75) is 58.3 Å². The summed E-state index contributed by atoms with van der Waals surface area (Å²) in [6, 6.07) is 12.7. The van der Waals surface area contributed by atoms with E-state index in [1.807, 2.05) is 31.2 Å². The first kappa shape index (κ1) is 25.3. The largest absolute Gasteiger partial charge is 0.483 e. The van der Waals surface area contributed by atoms with E-state index in [9.17, 15) is 14.4 Å². The highest BCUT2D eigenvalue weighted by Crippen LogP contribution is 2.51. The van der Waals surface area contributed by atoms with Crippen molar-refractivity contribution < 1.29 is 19.1 Å². The highest BCUT2D eigenvalue weighted by atomic mass is 35.5. The molecule has 1 aliphatic heterocycles. The molecule has 2 aliphatic carbocycles. The molecule has 37 heavy (non-hydrogen) atoms. The molecule has 3 aliphatic rings. The Bertz CT molecular complexity index is 1280. The van der Waals surface area contributed by atoms with Crippen LogP contribution in [0.5, 0.6) is 5.75 Å². The van der Waals surface area contributed by atoms with E-state index in [0.29, 0.717) is 52.6 Å². The Labute approximate surface area is 222 Å². The lowest BCUT2D eigenvalue weighted by atomic mass is 9.70. The summed E-state index contributed by atoms with van der Waals surface area (Å²) in [6.07, 6.45) is 4.11. The molecular weight excluding hydrogens is 488 g/mol. The van der Waals surface area contributed by atoms with Gasteiger partial charge in [0.1, 0.15) is 5.75 Å². The van der Waals surface area contributed by atoms with E-state index in [2.05, 4.69) is 17.1 Å². The standard InChI is InChI=1S/C30H31ClN2O4/c1-3-33-22-6-4-8-24(34)29(22)28(30-23(33)7-5-9-25(30)35)21-16-19(31)12-15-26(21)37-17-27(36)32-20-13-10-18(2)11-14-20/h10-16,28H,3-9,17H2,1-2H3,(H,32,36). The minimum Gasteiger partial charge on any atom is -0.483 e. The van der Waals surface area contributed by atoms with Crippen LogP contribution in [0.4, 0.5) is 5.69 Å². The van der Waals surface area contributed by atoms with Gasteiger partial charge in [0.15, 0.2) is 18.2 Å². The van der Waals surface area contributed by atoms with E-state index in [4.69, 9.17) is 16.3 Å². The van der Waals surface area contributed by atoms with Crippen LogP contribution < -0.4 is 10.1 Å². The molecule has 6 nitrogen and oxygen atoms in total. The third kappa shape index (κ3) is 4.95. The first-order valence-electron chi connectivity index (χ1n) is 13.0. The number of anilines is 1. The lowest BCUT2D eigenvalue weighted by Gasteiger charge is -2.43. The Kier molecular flexibility index (Phi) is 7.20. The fourth-order valence-corrected chi connectivity index (χ4v) is 5.94. The topological polar surface area (TPSA) is 75.7 Å². The van der Waals surface area contributed by atoms with Crippen molar-refractivity contribution in [2.75, 3.05) is 18.5 Å². The number of nitrogens with one attached hydrogen (secondary N) is 1. The number of Topliss-reactive ketones (excluding diaryl/α,β-unsaturated/α-hetero) is 2. The SMILES string of the molecule is CCN1C2=C(C(=O)CCC2)C(c2cc(Cl)ccc2OCC(=O)Nc2ccc(C)cc2)C2=C1CCCC2=O. The lowest BCUT2D eigenvalue weighted by Crippen LogP contribution is -2.39. The van der Waals surface area contributed by atoms with Gasteiger partial charge in [0.05, 0.1) is 0 Å². The number of nitrogens with zero attached hydrogens (tertiary/aromatic N) is 1. The number of carbonyl (C=O) groups is 3. The van der Waals surface area contributed by atoms with Gasteiger partial charge in [0.25, 0.3) is 5.91 Å².